The normalized spacial score (nSPS) is 10.7. The van der Waals surface area contributed by atoms with E-state index in [2.05, 4.69) is 15.3 Å². The predicted molar refractivity (Wildman–Crippen MR) is 84.7 cm³/mol. The maximum absolute atomic E-state index is 12.3. The van der Waals surface area contributed by atoms with Crippen LogP contribution in [0.25, 0.3) is 0 Å². The third kappa shape index (κ3) is 3.49. The lowest BCUT2D eigenvalue weighted by molar-refractivity contribution is 0.102. The van der Waals surface area contributed by atoms with Crippen LogP contribution in [0.4, 0.5) is 11.4 Å². The predicted octanol–water partition coefficient (Wildman–Crippen LogP) is 3.40. The van der Waals surface area contributed by atoms with Crippen molar-refractivity contribution in [3.05, 3.63) is 46.5 Å². The number of halogens is 1. The molecule has 0 aliphatic rings. The first kappa shape index (κ1) is 15.3. The van der Waals surface area contributed by atoms with E-state index in [9.17, 15) is 4.79 Å². The summed E-state index contributed by atoms with van der Waals surface area (Å²) in [6.45, 7) is 5.79. The third-order valence-corrected chi connectivity index (χ3v) is 3.25. The van der Waals surface area contributed by atoms with Crippen LogP contribution >= 0.6 is 11.6 Å². The molecule has 0 aliphatic carbocycles. The van der Waals surface area contributed by atoms with E-state index in [-0.39, 0.29) is 23.2 Å². The van der Waals surface area contributed by atoms with Crippen molar-refractivity contribution >= 4 is 28.9 Å². The zero-order chi connectivity index (χ0) is 15.6. The van der Waals surface area contributed by atoms with Crippen LogP contribution in [-0.4, -0.2) is 15.9 Å². The first-order valence-electron chi connectivity index (χ1n) is 6.58. The number of carbonyl (C=O) groups is 1. The van der Waals surface area contributed by atoms with Crippen molar-refractivity contribution in [1.82, 2.24) is 9.97 Å². The molecule has 0 unspecified atom stereocenters. The number of nitrogens with two attached hydrogens (primary N) is 1. The van der Waals surface area contributed by atoms with Crippen LogP contribution in [0, 0.1) is 6.92 Å². The van der Waals surface area contributed by atoms with Crippen LogP contribution in [0.1, 0.15) is 41.6 Å². The number of aryl methyl sites for hydroxylation is 1. The van der Waals surface area contributed by atoms with Gasteiger partial charge in [0.25, 0.3) is 5.91 Å². The fourth-order valence-electron chi connectivity index (χ4n) is 1.78. The topological polar surface area (TPSA) is 80.9 Å². The molecule has 3 N–H and O–H groups in total. The fourth-order valence-corrected chi connectivity index (χ4v) is 1.95. The van der Waals surface area contributed by atoms with Crippen LogP contribution in [0.2, 0.25) is 5.02 Å². The molecule has 6 heteroatoms. The van der Waals surface area contributed by atoms with E-state index in [0.29, 0.717) is 16.5 Å². The molecular formula is C15H17ClN4O. The van der Waals surface area contributed by atoms with Gasteiger partial charge in [-0.05, 0) is 24.6 Å². The Labute approximate surface area is 128 Å². The van der Waals surface area contributed by atoms with E-state index in [4.69, 9.17) is 17.3 Å². The van der Waals surface area contributed by atoms with Crippen LogP contribution in [0.3, 0.4) is 0 Å². The molecule has 0 bridgehead atoms. The summed E-state index contributed by atoms with van der Waals surface area (Å²) >= 11 is 5.94. The molecule has 0 aliphatic heterocycles. The molecule has 2 rings (SSSR count). The van der Waals surface area contributed by atoms with Crippen LogP contribution in [0.15, 0.2) is 24.4 Å². The molecule has 0 fully saturated rings. The molecule has 1 aromatic carbocycles. The highest BCUT2D eigenvalue weighted by molar-refractivity contribution is 6.31. The number of anilines is 2. The molecule has 1 aromatic heterocycles. The summed E-state index contributed by atoms with van der Waals surface area (Å²) in [5.74, 6) is 0.324. The summed E-state index contributed by atoms with van der Waals surface area (Å²) in [6.07, 6.45) is 1.46. The average Bonchev–Trinajstić information content (AvgIpc) is 2.43. The number of hydrogen-bond donors (Lipinski definition) is 2. The molecule has 0 saturated carbocycles. The van der Waals surface area contributed by atoms with Crippen LogP contribution < -0.4 is 11.1 Å². The number of carbonyl (C=O) groups excluding carboxylic acids is 1. The number of aromatic nitrogens is 2. The zero-order valence-corrected chi connectivity index (χ0v) is 12.9. The molecule has 5 nitrogen and oxygen atoms in total. The maximum atomic E-state index is 12.3. The SMILES string of the molecule is Cc1ccc(Cl)cc1NC(=O)c1nc(C(C)C)ncc1N. The summed E-state index contributed by atoms with van der Waals surface area (Å²) in [7, 11) is 0. The minimum atomic E-state index is -0.373. The summed E-state index contributed by atoms with van der Waals surface area (Å²) in [6, 6.07) is 5.29. The highest BCUT2D eigenvalue weighted by Crippen LogP contribution is 2.22. The van der Waals surface area contributed by atoms with Gasteiger partial charge in [0.15, 0.2) is 5.69 Å². The molecule has 110 valence electrons. The van der Waals surface area contributed by atoms with E-state index in [0.717, 1.165) is 5.56 Å². The molecule has 0 atom stereocenters. The lowest BCUT2D eigenvalue weighted by Crippen LogP contribution is -2.18. The standard InChI is InChI=1S/C15H17ClN4O/c1-8(2)14-18-7-11(17)13(20-14)15(21)19-12-6-10(16)5-4-9(12)3/h4-8H,17H2,1-3H3,(H,19,21). The summed E-state index contributed by atoms with van der Waals surface area (Å²) in [4.78, 5) is 20.7. The van der Waals surface area contributed by atoms with Crippen LogP contribution in [-0.2, 0) is 0 Å². The Morgan fingerprint density at radius 1 is 1.38 bits per heavy atom. The van der Waals surface area contributed by atoms with Crippen molar-refractivity contribution in [2.45, 2.75) is 26.7 Å². The smallest absolute Gasteiger partial charge is 0.276 e. The minimum absolute atomic E-state index is 0.116. The summed E-state index contributed by atoms with van der Waals surface area (Å²) in [5, 5.41) is 3.33. The number of nitrogens with zero attached hydrogens (tertiary/aromatic N) is 2. The minimum Gasteiger partial charge on any atom is -0.396 e. The molecule has 0 radical (unpaired) electrons. The highest BCUT2D eigenvalue weighted by atomic mass is 35.5. The molecule has 1 amide bonds. The lowest BCUT2D eigenvalue weighted by atomic mass is 10.2. The Hall–Kier alpha value is -2.14. The number of amides is 1. The van der Waals surface area contributed by atoms with Crippen molar-refractivity contribution in [2.75, 3.05) is 11.1 Å². The van der Waals surface area contributed by atoms with E-state index in [1.807, 2.05) is 26.8 Å². The number of benzene rings is 1. The molecule has 2 aromatic rings. The first-order valence-corrected chi connectivity index (χ1v) is 6.96. The first-order chi connectivity index (χ1) is 9.88. The van der Waals surface area contributed by atoms with Crippen molar-refractivity contribution in [2.24, 2.45) is 0 Å². The average molecular weight is 305 g/mol. The second kappa shape index (κ2) is 6.10. The highest BCUT2D eigenvalue weighted by Gasteiger charge is 2.16. The summed E-state index contributed by atoms with van der Waals surface area (Å²) in [5.41, 5.74) is 7.76. The van der Waals surface area contributed by atoms with Crippen molar-refractivity contribution < 1.29 is 4.79 Å². The third-order valence-electron chi connectivity index (χ3n) is 3.01. The maximum Gasteiger partial charge on any atom is 0.276 e. The summed E-state index contributed by atoms with van der Waals surface area (Å²) < 4.78 is 0. The fraction of sp³-hybridized carbons (Fsp3) is 0.267. The molecule has 21 heavy (non-hydrogen) atoms. The Morgan fingerprint density at radius 3 is 2.76 bits per heavy atom. The Morgan fingerprint density at radius 2 is 2.10 bits per heavy atom. The van der Waals surface area contributed by atoms with Gasteiger partial charge in [-0.15, -0.1) is 0 Å². The second-order valence-corrected chi connectivity index (χ2v) is 5.54. The van der Waals surface area contributed by atoms with Gasteiger partial charge in [-0.1, -0.05) is 31.5 Å². The molecule has 0 spiro atoms. The van der Waals surface area contributed by atoms with Crippen molar-refractivity contribution in [3.8, 4) is 0 Å². The number of nitrogen functional groups attached to an aromatic ring is 1. The quantitative estimate of drug-likeness (QED) is 0.910. The van der Waals surface area contributed by atoms with E-state index in [1.165, 1.54) is 6.20 Å². The Bertz CT molecular complexity index is 685. The number of rotatable bonds is 3. The molecular weight excluding hydrogens is 288 g/mol. The van der Waals surface area contributed by atoms with Gasteiger partial charge >= 0.3 is 0 Å². The van der Waals surface area contributed by atoms with Gasteiger partial charge in [0.05, 0.1) is 11.9 Å². The van der Waals surface area contributed by atoms with Gasteiger partial charge in [0.2, 0.25) is 0 Å². The van der Waals surface area contributed by atoms with Gasteiger partial charge in [0.1, 0.15) is 5.82 Å². The Balaban J connectivity index is 2.32. The molecule has 0 saturated heterocycles. The zero-order valence-electron chi connectivity index (χ0n) is 12.1. The van der Waals surface area contributed by atoms with Crippen LogP contribution in [0.5, 0.6) is 0 Å². The monoisotopic (exact) mass is 304 g/mol. The van der Waals surface area contributed by atoms with Gasteiger partial charge in [-0.3, -0.25) is 4.79 Å². The second-order valence-electron chi connectivity index (χ2n) is 5.10. The van der Waals surface area contributed by atoms with Gasteiger partial charge in [0, 0.05) is 16.6 Å². The van der Waals surface area contributed by atoms with Crippen molar-refractivity contribution in [1.29, 1.82) is 0 Å². The number of nitrogens with one attached hydrogen (secondary N) is 1. The molecule has 1 heterocycles. The van der Waals surface area contributed by atoms with E-state index in [1.54, 1.807) is 12.1 Å². The van der Waals surface area contributed by atoms with Gasteiger partial charge in [-0.25, -0.2) is 9.97 Å². The van der Waals surface area contributed by atoms with E-state index < -0.39 is 0 Å². The Kier molecular flexibility index (Phi) is 4.43. The van der Waals surface area contributed by atoms with Gasteiger partial charge < -0.3 is 11.1 Å². The van der Waals surface area contributed by atoms with Gasteiger partial charge in [-0.2, -0.15) is 0 Å². The van der Waals surface area contributed by atoms with E-state index >= 15 is 0 Å². The number of hydrogen-bond acceptors (Lipinski definition) is 4. The lowest BCUT2D eigenvalue weighted by Gasteiger charge is -2.11. The van der Waals surface area contributed by atoms with Crippen molar-refractivity contribution in [3.63, 3.8) is 0 Å². The largest absolute Gasteiger partial charge is 0.396 e.